The normalized spacial score (nSPS) is 17.8. The second-order valence-electron chi connectivity index (χ2n) is 8.98. The van der Waals surface area contributed by atoms with Gasteiger partial charge in [-0.15, -0.1) is 0 Å². The Morgan fingerprint density at radius 3 is 2.27 bits per heavy atom. The Morgan fingerprint density at radius 1 is 0.973 bits per heavy atom. The highest BCUT2D eigenvalue weighted by Gasteiger charge is 2.46. The minimum atomic E-state index is -0.995. The molecule has 0 spiro atoms. The van der Waals surface area contributed by atoms with E-state index in [-0.39, 0.29) is 36.7 Å². The SMILES string of the molecule is NC(=O)OC(C(=O)N1CC[C@H]1C(=O)NCc1ccc(C(N)=NC(=O)OCc2ccccc2)cc1)C1CC1. The van der Waals surface area contributed by atoms with Crippen molar-refractivity contribution in [3.8, 4) is 0 Å². The van der Waals surface area contributed by atoms with E-state index in [1.54, 1.807) is 24.3 Å². The predicted octanol–water partition coefficient (Wildman–Crippen LogP) is 1.82. The minimum Gasteiger partial charge on any atom is -0.443 e. The quantitative estimate of drug-likeness (QED) is 0.344. The van der Waals surface area contributed by atoms with Gasteiger partial charge in [-0.3, -0.25) is 9.59 Å². The third kappa shape index (κ3) is 6.84. The molecular formula is C26H29N5O6. The summed E-state index contributed by atoms with van der Waals surface area (Å²) in [5.41, 5.74) is 13.2. The summed E-state index contributed by atoms with van der Waals surface area (Å²) in [7, 11) is 0. The Kier molecular flexibility index (Phi) is 8.02. The van der Waals surface area contributed by atoms with Crippen molar-refractivity contribution in [2.24, 2.45) is 22.4 Å². The van der Waals surface area contributed by atoms with Crippen LogP contribution in [0.4, 0.5) is 9.59 Å². The highest BCUT2D eigenvalue weighted by Crippen LogP contribution is 2.36. The first-order valence-corrected chi connectivity index (χ1v) is 12.0. The van der Waals surface area contributed by atoms with Crippen molar-refractivity contribution >= 4 is 29.8 Å². The zero-order chi connectivity index (χ0) is 26.4. The predicted molar refractivity (Wildman–Crippen MR) is 133 cm³/mol. The van der Waals surface area contributed by atoms with E-state index >= 15 is 0 Å². The van der Waals surface area contributed by atoms with Gasteiger partial charge in [0.25, 0.3) is 5.91 Å². The summed E-state index contributed by atoms with van der Waals surface area (Å²) < 4.78 is 10.1. The summed E-state index contributed by atoms with van der Waals surface area (Å²) >= 11 is 0. The van der Waals surface area contributed by atoms with Crippen LogP contribution in [0.25, 0.3) is 0 Å². The molecule has 2 fully saturated rings. The molecule has 1 unspecified atom stereocenters. The smallest absolute Gasteiger partial charge is 0.435 e. The monoisotopic (exact) mass is 507 g/mol. The summed E-state index contributed by atoms with van der Waals surface area (Å²) in [4.78, 5) is 53.8. The van der Waals surface area contributed by atoms with E-state index < -0.39 is 24.3 Å². The molecule has 1 heterocycles. The number of likely N-dealkylation sites (tertiary alicyclic amines) is 1. The Morgan fingerprint density at radius 2 is 1.68 bits per heavy atom. The molecule has 2 aliphatic rings. The van der Waals surface area contributed by atoms with Crippen LogP contribution in [0.2, 0.25) is 0 Å². The number of amidine groups is 1. The van der Waals surface area contributed by atoms with Crippen molar-refractivity contribution in [1.82, 2.24) is 10.2 Å². The summed E-state index contributed by atoms with van der Waals surface area (Å²) in [6.45, 7) is 0.750. The Bertz CT molecular complexity index is 1180. The molecule has 1 aliphatic carbocycles. The van der Waals surface area contributed by atoms with Gasteiger partial charge in [0.15, 0.2) is 6.10 Å². The summed E-state index contributed by atoms with van der Waals surface area (Å²) in [5.74, 6) is -0.696. The molecule has 2 aromatic carbocycles. The molecule has 11 nitrogen and oxygen atoms in total. The van der Waals surface area contributed by atoms with E-state index in [0.29, 0.717) is 18.5 Å². The molecule has 5 N–H and O–H groups in total. The molecule has 11 heteroatoms. The fraction of sp³-hybridized carbons (Fsp3) is 0.346. The fourth-order valence-electron chi connectivity index (χ4n) is 3.97. The van der Waals surface area contributed by atoms with Crippen LogP contribution in [0.3, 0.4) is 0 Å². The number of benzene rings is 2. The Hall–Kier alpha value is -4.41. The average Bonchev–Trinajstić information content (AvgIpc) is 3.70. The Balaban J connectivity index is 1.25. The first-order chi connectivity index (χ1) is 17.8. The van der Waals surface area contributed by atoms with Gasteiger partial charge in [-0.2, -0.15) is 4.99 Å². The van der Waals surface area contributed by atoms with Gasteiger partial charge in [0.2, 0.25) is 5.91 Å². The number of amides is 4. The number of carbonyl (C=O) groups is 4. The Labute approximate surface area is 213 Å². The minimum absolute atomic E-state index is 0.0145. The van der Waals surface area contributed by atoms with Crippen LogP contribution in [-0.4, -0.2) is 53.4 Å². The van der Waals surface area contributed by atoms with Crippen molar-refractivity contribution in [1.29, 1.82) is 0 Å². The molecule has 0 bridgehead atoms. The van der Waals surface area contributed by atoms with E-state index in [9.17, 15) is 19.2 Å². The lowest BCUT2D eigenvalue weighted by Crippen LogP contribution is -2.61. The highest BCUT2D eigenvalue weighted by atomic mass is 16.6. The molecule has 2 atom stereocenters. The van der Waals surface area contributed by atoms with Crippen LogP contribution in [0.15, 0.2) is 59.6 Å². The number of nitrogens with one attached hydrogen (secondary N) is 1. The topological polar surface area (TPSA) is 166 Å². The van der Waals surface area contributed by atoms with Crippen molar-refractivity contribution in [2.75, 3.05) is 6.54 Å². The number of hydrogen-bond donors (Lipinski definition) is 3. The lowest BCUT2D eigenvalue weighted by atomic mass is 9.99. The first-order valence-electron chi connectivity index (χ1n) is 12.0. The van der Waals surface area contributed by atoms with E-state index in [1.165, 1.54) is 4.90 Å². The number of primary amides is 1. The fourth-order valence-corrected chi connectivity index (χ4v) is 3.97. The summed E-state index contributed by atoms with van der Waals surface area (Å²) in [6.07, 6.45) is -0.614. The first kappa shape index (κ1) is 25.7. The van der Waals surface area contributed by atoms with Crippen LogP contribution in [0, 0.1) is 5.92 Å². The average molecular weight is 508 g/mol. The van der Waals surface area contributed by atoms with Crippen LogP contribution in [0.5, 0.6) is 0 Å². The molecule has 4 amide bonds. The molecule has 0 aromatic heterocycles. The maximum atomic E-state index is 12.8. The van der Waals surface area contributed by atoms with Crippen molar-refractivity contribution in [3.05, 3.63) is 71.3 Å². The molecule has 1 saturated carbocycles. The molecule has 1 saturated heterocycles. The third-order valence-corrected chi connectivity index (χ3v) is 6.28. The standard InChI is InChI=1S/C26H29N5O6/c27-22(30-26(35)36-15-17-4-2-1-3-5-17)19-8-6-16(7-9-19)14-29-23(32)20-12-13-31(20)24(33)21(18-10-11-18)37-25(28)34/h1-9,18,20-21H,10-15H2,(H2,28,34)(H,29,32)(H2,27,30,35)/t20-,21?/m0/s1. The largest absolute Gasteiger partial charge is 0.443 e. The highest BCUT2D eigenvalue weighted by molar-refractivity contribution is 6.02. The maximum absolute atomic E-state index is 12.8. The van der Waals surface area contributed by atoms with Gasteiger partial charge < -0.3 is 31.2 Å². The lowest BCUT2D eigenvalue weighted by molar-refractivity contribution is -0.155. The van der Waals surface area contributed by atoms with E-state index in [2.05, 4.69) is 10.3 Å². The van der Waals surface area contributed by atoms with Gasteiger partial charge in [-0.05, 0) is 30.4 Å². The molecule has 4 rings (SSSR count). The number of aliphatic imine (C=N–C) groups is 1. The number of hydrogen-bond acceptors (Lipinski definition) is 6. The second kappa shape index (κ2) is 11.5. The molecule has 194 valence electrons. The van der Waals surface area contributed by atoms with Crippen LogP contribution in [-0.2, 0) is 32.2 Å². The van der Waals surface area contributed by atoms with Crippen molar-refractivity contribution in [2.45, 2.75) is 44.6 Å². The maximum Gasteiger partial charge on any atom is 0.435 e. The second-order valence-corrected chi connectivity index (χ2v) is 8.98. The number of nitrogens with two attached hydrogens (primary N) is 2. The van der Waals surface area contributed by atoms with Gasteiger partial charge in [0.1, 0.15) is 18.5 Å². The van der Waals surface area contributed by atoms with Crippen LogP contribution >= 0.6 is 0 Å². The molecule has 2 aromatic rings. The molecular weight excluding hydrogens is 478 g/mol. The van der Waals surface area contributed by atoms with Gasteiger partial charge >= 0.3 is 12.2 Å². The van der Waals surface area contributed by atoms with Crippen molar-refractivity contribution < 1.29 is 28.7 Å². The lowest BCUT2D eigenvalue weighted by Gasteiger charge is -2.41. The van der Waals surface area contributed by atoms with Gasteiger partial charge in [0, 0.05) is 24.6 Å². The van der Waals surface area contributed by atoms with E-state index in [4.69, 9.17) is 20.9 Å². The van der Waals surface area contributed by atoms with Gasteiger partial charge in [-0.25, -0.2) is 9.59 Å². The van der Waals surface area contributed by atoms with E-state index in [0.717, 1.165) is 24.0 Å². The number of carbonyl (C=O) groups excluding carboxylic acids is 4. The molecule has 1 aliphatic heterocycles. The number of rotatable bonds is 9. The van der Waals surface area contributed by atoms with E-state index in [1.807, 2.05) is 30.3 Å². The molecule has 37 heavy (non-hydrogen) atoms. The third-order valence-electron chi connectivity index (χ3n) is 6.28. The summed E-state index contributed by atoms with van der Waals surface area (Å²) in [5, 5.41) is 2.82. The van der Waals surface area contributed by atoms with Crippen LogP contribution in [0.1, 0.15) is 36.0 Å². The van der Waals surface area contributed by atoms with Gasteiger partial charge in [-0.1, -0.05) is 54.6 Å². The zero-order valence-electron chi connectivity index (χ0n) is 20.2. The number of ether oxygens (including phenoxy) is 2. The summed E-state index contributed by atoms with van der Waals surface area (Å²) in [6, 6.07) is 15.5. The zero-order valence-corrected chi connectivity index (χ0v) is 20.2. The number of nitrogens with zero attached hydrogens (tertiary/aromatic N) is 2. The van der Waals surface area contributed by atoms with Crippen LogP contribution < -0.4 is 16.8 Å². The molecule has 0 radical (unpaired) electrons. The van der Waals surface area contributed by atoms with Crippen molar-refractivity contribution in [3.63, 3.8) is 0 Å². The van der Waals surface area contributed by atoms with Gasteiger partial charge in [0.05, 0.1) is 0 Å².